The molecule has 0 saturated carbocycles. The van der Waals surface area contributed by atoms with Gasteiger partial charge < -0.3 is 30.4 Å². The normalized spacial score (nSPS) is 16.7. The molecule has 0 spiro atoms. The molecule has 1 saturated heterocycles. The number of hydrogen-bond acceptors (Lipinski definition) is 5. The lowest BCUT2D eigenvalue weighted by atomic mass is 10.2. The maximum absolute atomic E-state index is 12.3. The Kier molecular flexibility index (Phi) is 6.85. The molecule has 1 fully saturated rings. The van der Waals surface area contributed by atoms with Gasteiger partial charge in [-0.3, -0.25) is 9.59 Å². The first-order chi connectivity index (χ1) is 14.0. The number of carbonyl (C=O) groups excluding carboxylic acids is 3. The molecule has 0 radical (unpaired) electrons. The van der Waals surface area contributed by atoms with Gasteiger partial charge in [0.15, 0.2) is 0 Å². The minimum atomic E-state index is -0.737. The molecule has 2 atom stereocenters. The highest BCUT2D eigenvalue weighted by Gasteiger charge is 2.18. The standard InChI is InChI=1S/C20H24N4O5/c1-13(22-19(26)14-8-10-28-12-14)18(25)23-15-4-6-16(7-5-15)24-20(27)21-11-17-3-2-9-29-17/h4-8,10,12-13,17H,2-3,9,11H2,1H3,(H,22,26)(H,23,25)(H2,21,24,27)/t13-,17+/m1/s1. The molecule has 1 aliphatic rings. The summed E-state index contributed by atoms with van der Waals surface area (Å²) in [6.45, 7) is 2.80. The van der Waals surface area contributed by atoms with Crippen LogP contribution in [-0.2, 0) is 9.53 Å². The highest BCUT2D eigenvalue weighted by molar-refractivity contribution is 6.01. The second-order valence-electron chi connectivity index (χ2n) is 6.74. The summed E-state index contributed by atoms with van der Waals surface area (Å²) in [6, 6.07) is 7.15. The quantitative estimate of drug-likeness (QED) is 0.568. The lowest BCUT2D eigenvalue weighted by Crippen LogP contribution is -2.41. The topological polar surface area (TPSA) is 122 Å². The molecular weight excluding hydrogens is 376 g/mol. The minimum Gasteiger partial charge on any atom is -0.472 e. The van der Waals surface area contributed by atoms with E-state index in [9.17, 15) is 14.4 Å². The van der Waals surface area contributed by atoms with Crippen molar-refractivity contribution in [3.8, 4) is 0 Å². The third-order valence-electron chi connectivity index (χ3n) is 4.45. The van der Waals surface area contributed by atoms with Gasteiger partial charge in [-0.1, -0.05) is 0 Å². The van der Waals surface area contributed by atoms with Crippen LogP contribution in [0.2, 0.25) is 0 Å². The maximum atomic E-state index is 12.3. The van der Waals surface area contributed by atoms with E-state index in [0.29, 0.717) is 23.5 Å². The van der Waals surface area contributed by atoms with E-state index in [-0.39, 0.29) is 18.0 Å². The van der Waals surface area contributed by atoms with Crippen molar-refractivity contribution in [3.05, 3.63) is 48.4 Å². The van der Waals surface area contributed by atoms with Gasteiger partial charge in [0.2, 0.25) is 5.91 Å². The molecule has 0 aliphatic carbocycles. The number of urea groups is 1. The Bertz CT molecular complexity index is 829. The van der Waals surface area contributed by atoms with Crippen molar-refractivity contribution in [1.82, 2.24) is 10.6 Å². The van der Waals surface area contributed by atoms with E-state index in [2.05, 4.69) is 21.3 Å². The van der Waals surface area contributed by atoms with Gasteiger partial charge in [-0.05, 0) is 50.1 Å². The summed E-state index contributed by atoms with van der Waals surface area (Å²) in [6.07, 6.45) is 4.75. The van der Waals surface area contributed by atoms with E-state index in [1.54, 1.807) is 31.2 Å². The molecule has 154 valence electrons. The van der Waals surface area contributed by atoms with Crippen molar-refractivity contribution in [3.63, 3.8) is 0 Å². The second kappa shape index (κ2) is 9.74. The fourth-order valence-corrected chi connectivity index (χ4v) is 2.81. The SMILES string of the molecule is C[C@@H](NC(=O)c1ccoc1)C(=O)Nc1ccc(NC(=O)NC[C@@H]2CCCO2)cc1. The van der Waals surface area contributed by atoms with Crippen LogP contribution in [0.25, 0.3) is 0 Å². The summed E-state index contributed by atoms with van der Waals surface area (Å²) in [5, 5.41) is 10.8. The monoisotopic (exact) mass is 400 g/mol. The van der Waals surface area contributed by atoms with E-state index in [1.807, 2.05) is 0 Å². The highest BCUT2D eigenvalue weighted by atomic mass is 16.5. The van der Waals surface area contributed by atoms with Gasteiger partial charge in [0.25, 0.3) is 5.91 Å². The number of carbonyl (C=O) groups is 3. The van der Waals surface area contributed by atoms with Gasteiger partial charge in [0.05, 0.1) is 17.9 Å². The average Bonchev–Trinajstić information content (AvgIpc) is 3.42. The number of ether oxygens (including phenoxy) is 1. The first kappa shape index (κ1) is 20.4. The Morgan fingerprint density at radius 1 is 1.10 bits per heavy atom. The zero-order chi connectivity index (χ0) is 20.6. The number of amides is 4. The number of hydrogen-bond donors (Lipinski definition) is 4. The summed E-state index contributed by atoms with van der Waals surface area (Å²) >= 11 is 0. The predicted molar refractivity (Wildman–Crippen MR) is 107 cm³/mol. The van der Waals surface area contributed by atoms with Crippen molar-refractivity contribution < 1.29 is 23.5 Å². The summed E-state index contributed by atoms with van der Waals surface area (Å²) in [5.41, 5.74) is 1.48. The van der Waals surface area contributed by atoms with Crippen LogP contribution >= 0.6 is 0 Å². The van der Waals surface area contributed by atoms with Crippen molar-refractivity contribution >= 4 is 29.2 Å². The van der Waals surface area contributed by atoms with E-state index in [0.717, 1.165) is 19.4 Å². The largest absolute Gasteiger partial charge is 0.472 e. The van der Waals surface area contributed by atoms with Crippen LogP contribution in [-0.4, -0.2) is 43.1 Å². The Morgan fingerprint density at radius 2 is 1.83 bits per heavy atom. The smallest absolute Gasteiger partial charge is 0.319 e. The zero-order valence-corrected chi connectivity index (χ0v) is 16.1. The fourth-order valence-electron chi connectivity index (χ4n) is 2.81. The molecule has 1 aromatic carbocycles. The van der Waals surface area contributed by atoms with Crippen LogP contribution in [0, 0.1) is 0 Å². The van der Waals surface area contributed by atoms with Gasteiger partial charge in [0, 0.05) is 24.5 Å². The van der Waals surface area contributed by atoms with Gasteiger partial charge in [-0.25, -0.2) is 4.79 Å². The Morgan fingerprint density at radius 3 is 2.45 bits per heavy atom. The van der Waals surface area contributed by atoms with Gasteiger partial charge in [-0.15, -0.1) is 0 Å². The van der Waals surface area contributed by atoms with Crippen molar-refractivity contribution in [1.29, 1.82) is 0 Å². The lowest BCUT2D eigenvalue weighted by Gasteiger charge is -2.14. The molecule has 9 nitrogen and oxygen atoms in total. The number of nitrogens with one attached hydrogen (secondary N) is 4. The molecule has 29 heavy (non-hydrogen) atoms. The maximum Gasteiger partial charge on any atom is 0.319 e. The molecule has 0 unspecified atom stereocenters. The molecule has 0 bridgehead atoms. The second-order valence-corrected chi connectivity index (χ2v) is 6.74. The number of furan rings is 1. The van der Waals surface area contributed by atoms with Crippen LogP contribution in [0.5, 0.6) is 0 Å². The summed E-state index contributed by atoms with van der Waals surface area (Å²) in [4.78, 5) is 36.1. The van der Waals surface area contributed by atoms with Crippen LogP contribution in [0.3, 0.4) is 0 Å². The van der Waals surface area contributed by atoms with E-state index < -0.39 is 11.9 Å². The Labute approximate surface area is 168 Å². The fraction of sp³-hybridized carbons (Fsp3) is 0.350. The van der Waals surface area contributed by atoms with Gasteiger partial charge in [-0.2, -0.15) is 0 Å². The highest BCUT2D eigenvalue weighted by Crippen LogP contribution is 2.14. The molecular formula is C20H24N4O5. The molecule has 2 heterocycles. The minimum absolute atomic E-state index is 0.0781. The van der Waals surface area contributed by atoms with Crippen LogP contribution in [0.1, 0.15) is 30.1 Å². The Balaban J connectivity index is 1.43. The zero-order valence-electron chi connectivity index (χ0n) is 16.1. The van der Waals surface area contributed by atoms with Crippen molar-refractivity contribution in [2.75, 3.05) is 23.8 Å². The molecule has 9 heteroatoms. The molecule has 1 aliphatic heterocycles. The lowest BCUT2D eigenvalue weighted by molar-refractivity contribution is -0.117. The summed E-state index contributed by atoms with van der Waals surface area (Å²) < 4.78 is 10.3. The van der Waals surface area contributed by atoms with E-state index in [4.69, 9.17) is 9.15 Å². The van der Waals surface area contributed by atoms with E-state index >= 15 is 0 Å². The number of benzene rings is 1. The predicted octanol–water partition coefficient (Wildman–Crippen LogP) is 2.34. The third kappa shape index (κ3) is 6.08. The Hall–Kier alpha value is -3.33. The number of rotatable bonds is 7. The van der Waals surface area contributed by atoms with Gasteiger partial charge in [0.1, 0.15) is 12.3 Å². The first-order valence-electron chi connectivity index (χ1n) is 9.41. The molecule has 1 aromatic heterocycles. The molecule has 4 N–H and O–H groups in total. The van der Waals surface area contributed by atoms with E-state index in [1.165, 1.54) is 18.6 Å². The summed E-state index contributed by atoms with van der Waals surface area (Å²) in [5.74, 6) is -0.758. The van der Waals surface area contributed by atoms with Crippen molar-refractivity contribution in [2.45, 2.75) is 31.9 Å². The van der Waals surface area contributed by atoms with Crippen molar-refractivity contribution in [2.24, 2.45) is 0 Å². The average molecular weight is 400 g/mol. The van der Waals surface area contributed by atoms with Crippen LogP contribution in [0.15, 0.2) is 47.3 Å². The first-order valence-corrected chi connectivity index (χ1v) is 9.41. The van der Waals surface area contributed by atoms with Crippen LogP contribution in [0.4, 0.5) is 16.2 Å². The third-order valence-corrected chi connectivity index (χ3v) is 4.45. The summed E-state index contributed by atoms with van der Waals surface area (Å²) in [7, 11) is 0. The molecule has 3 rings (SSSR count). The number of anilines is 2. The molecule has 4 amide bonds. The van der Waals surface area contributed by atoms with Crippen LogP contribution < -0.4 is 21.3 Å². The molecule has 2 aromatic rings. The van der Waals surface area contributed by atoms with Gasteiger partial charge >= 0.3 is 6.03 Å².